The molecule has 0 unspecified atom stereocenters. The highest BCUT2D eigenvalue weighted by molar-refractivity contribution is 5.95. The Morgan fingerprint density at radius 2 is 1.96 bits per heavy atom. The summed E-state index contributed by atoms with van der Waals surface area (Å²) in [6, 6.07) is 1.52. The Balaban J connectivity index is 0.00000196. The van der Waals surface area contributed by atoms with Gasteiger partial charge in [0.2, 0.25) is 0 Å². The number of aliphatic hydroxyl groups excluding tert-OH is 1. The number of carbonyl (C=O) groups is 1. The van der Waals surface area contributed by atoms with Crippen molar-refractivity contribution in [1.29, 1.82) is 0 Å². The molecule has 6 nitrogen and oxygen atoms in total. The Morgan fingerprint density at radius 1 is 1.27 bits per heavy atom. The van der Waals surface area contributed by atoms with Gasteiger partial charge < -0.3 is 20.2 Å². The molecule has 1 aromatic rings. The summed E-state index contributed by atoms with van der Waals surface area (Å²) < 4.78 is 5.41. The molecule has 144 valence electrons. The molecule has 3 aliphatic rings. The SMILES string of the molecule is Cc1cc(C2CCC2)oc(=O)c1C(=O)N[C@H]1C[C@H]2CNC[C@H]2C[C@@H]1O.Cl. The van der Waals surface area contributed by atoms with Gasteiger partial charge in [-0.25, -0.2) is 4.79 Å². The number of amides is 1. The van der Waals surface area contributed by atoms with Crippen molar-refractivity contribution in [1.82, 2.24) is 10.6 Å². The number of nitrogens with one attached hydrogen (secondary N) is 2. The number of carbonyl (C=O) groups excluding carboxylic acids is 1. The molecule has 1 aromatic heterocycles. The largest absolute Gasteiger partial charge is 0.427 e. The molecule has 1 saturated heterocycles. The van der Waals surface area contributed by atoms with Crippen molar-refractivity contribution in [3.8, 4) is 0 Å². The molecule has 3 N–H and O–H groups in total. The fourth-order valence-corrected chi connectivity index (χ4v) is 4.49. The smallest absolute Gasteiger partial charge is 0.349 e. The summed E-state index contributed by atoms with van der Waals surface area (Å²) in [5.41, 5.74) is 0.161. The highest BCUT2D eigenvalue weighted by atomic mass is 35.5. The normalized spacial score (nSPS) is 30.8. The maximum Gasteiger partial charge on any atom is 0.349 e. The molecule has 4 rings (SSSR count). The van der Waals surface area contributed by atoms with Crippen molar-refractivity contribution in [3.05, 3.63) is 33.4 Å². The van der Waals surface area contributed by atoms with Crippen LogP contribution in [0.25, 0.3) is 0 Å². The van der Waals surface area contributed by atoms with Crippen LogP contribution in [0.1, 0.15) is 59.7 Å². The van der Waals surface area contributed by atoms with E-state index in [1.807, 2.05) is 6.07 Å². The molecule has 0 radical (unpaired) electrons. The summed E-state index contributed by atoms with van der Waals surface area (Å²) in [6.45, 7) is 3.65. The number of rotatable bonds is 3. The van der Waals surface area contributed by atoms with Crippen molar-refractivity contribution in [2.75, 3.05) is 13.1 Å². The Kier molecular flexibility index (Phi) is 5.75. The first kappa shape index (κ1) is 19.4. The fraction of sp³-hybridized carbons (Fsp3) is 0.684. The summed E-state index contributed by atoms with van der Waals surface area (Å²) in [7, 11) is 0. The van der Waals surface area contributed by atoms with Crippen molar-refractivity contribution < 1.29 is 14.3 Å². The van der Waals surface area contributed by atoms with E-state index in [9.17, 15) is 14.7 Å². The molecule has 3 fully saturated rings. The van der Waals surface area contributed by atoms with Crippen molar-refractivity contribution in [2.45, 2.75) is 57.1 Å². The van der Waals surface area contributed by atoms with Crippen molar-refractivity contribution in [3.63, 3.8) is 0 Å². The summed E-state index contributed by atoms with van der Waals surface area (Å²) in [6.07, 6.45) is 4.11. The maximum atomic E-state index is 12.7. The average molecular weight is 383 g/mol. The minimum Gasteiger partial charge on any atom is -0.427 e. The lowest BCUT2D eigenvalue weighted by Gasteiger charge is -2.35. The second-order valence-electron chi connectivity index (χ2n) is 7.92. The van der Waals surface area contributed by atoms with Gasteiger partial charge in [0.1, 0.15) is 11.3 Å². The number of halogens is 1. The number of aryl methyl sites for hydroxylation is 1. The molecular formula is C19H27ClN2O4. The first-order chi connectivity index (χ1) is 12.0. The van der Waals surface area contributed by atoms with Crippen LogP contribution in [0.5, 0.6) is 0 Å². The second kappa shape index (κ2) is 7.71. The molecule has 2 saturated carbocycles. The van der Waals surface area contributed by atoms with E-state index in [-0.39, 0.29) is 24.0 Å². The summed E-state index contributed by atoms with van der Waals surface area (Å²) in [5.74, 6) is 1.54. The number of hydrogen-bond donors (Lipinski definition) is 3. The van der Waals surface area contributed by atoms with Gasteiger partial charge in [0.05, 0.1) is 12.1 Å². The standard InChI is InChI=1S/C19H26N2O4.ClH/c1-10-5-16(11-3-2-4-11)25-19(24)17(10)18(23)21-14-6-12-8-20-9-13(12)7-15(14)22;/h5,11-15,20,22H,2-4,6-9H2,1H3,(H,21,23);1H/t12-,13+,14-,15-;/m0./s1. The lowest BCUT2D eigenvalue weighted by atomic mass is 9.77. The minimum atomic E-state index is -0.565. The van der Waals surface area contributed by atoms with Crippen LogP contribution in [0.15, 0.2) is 15.3 Å². The topological polar surface area (TPSA) is 91.6 Å². The van der Waals surface area contributed by atoms with E-state index in [1.165, 1.54) is 0 Å². The maximum absolute atomic E-state index is 12.7. The fourth-order valence-electron chi connectivity index (χ4n) is 4.49. The quantitative estimate of drug-likeness (QED) is 0.740. The Bertz CT molecular complexity index is 731. The zero-order valence-corrected chi connectivity index (χ0v) is 15.8. The van der Waals surface area contributed by atoms with Crippen molar-refractivity contribution >= 4 is 18.3 Å². The number of aliphatic hydroxyl groups is 1. The van der Waals surface area contributed by atoms with Crippen LogP contribution in [-0.4, -0.2) is 36.2 Å². The van der Waals surface area contributed by atoms with E-state index >= 15 is 0 Å². The molecule has 1 aliphatic heterocycles. The lowest BCUT2D eigenvalue weighted by Crippen LogP contribution is -2.50. The van der Waals surface area contributed by atoms with Gasteiger partial charge in [-0.3, -0.25) is 4.79 Å². The molecule has 4 atom stereocenters. The van der Waals surface area contributed by atoms with Gasteiger partial charge >= 0.3 is 5.63 Å². The molecule has 7 heteroatoms. The van der Waals surface area contributed by atoms with Gasteiger partial charge in [-0.05, 0) is 69.2 Å². The van der Waals surface area contributed by atoms with Gasteiger partial charge in [-0.1, -0.05) is 6.42 Å². The zero-order chi connectivity index (χ0) is 17.6. The Hall–Kier alpha value is -1.37. The van der Waals surface area contributed by atoms with Crippen molar-refractivity contribution in [2.24, 2.45) is 11.8 Å². The van der Waals surface area contributed by atoms with Gasteiger partial charge in [0.15, 0.2) is 0 Å². The van der Waals surface area contributed by atoms with E-state index < -0.39 is 17.6 Å². The van der Waals surface area contributed by atoms with Crippen LogP contribution >= 0.6 is 12.4 Å². The minimum absolute atomic E-state index is 0. The Labute approximate surface area is 159 Å². The first-order valence-corrected chi connectivity index (χ1v) is 9.37. The lowest BCUT2D eigenvalue weighted by molar-refractivity contribution is 0.0460. The third kappa shape index (κ3) is 3.55. The summed E-state index contributed by atoms with van der Waals surface area (Å²) >= 11 is 0. The van der Waals surface area contributed by atoms with Gasteiger partial charge in [-0.15, -0.1) is 12.4 Å². The van der Waals surface area contributed by atoms with E-state index in [0.29, 0.717) is 35.5 Å². The van der Waals surface area contributed by atoms with Gasteiger partial charge in [-0.2, -0.15) is 0 Å². The monoisotopic (exact) mass is 382 g/mol. The van der Waals surface area contributed by atoms with Crippen LogP contribution < -0.4 is 16.3 Å². The molecule has 26 heavy (non-hydrogen) atoms. The summed E-state index contributed by atoms with van der Waals surface area (Å²) in [5, 5.41) is 16.6. The highest BCUT2D eigenvalue weighted by Crippen LogP contribution is 2.36. The van der Waals surface area contributed by atoms with Crippen LogP contribution in [0.3, 0.4) is 0 Å². The van der Waals surface area contributed by atoms with Crippen LogP contribution in [0.2, 0.25) is 0 Å². The molecular weight excluding hydrogens is 356 g/mol. The third-order valence-corrected chi connectivity index (χ3v) is 6.26. The van der Waals surface area contributed by atoms with Crippen LogP contribution in [0.4, 0.5) is 0 Å². The summed E-state index contributed by atoms with van der Waals surface area (Å²) in [4.78, 5) is 25.0. The third-order valence-electron chi connectivity index (χ3n) is 6.26. The predicted octanol–water partition coefficient (Wildman–Crippen LogP) is 1.73. The Morgan fingerprint density at radius 3 is 2.58 bits per heavy atom. The molecule has 0 bridgehead atoms. The average Bonchev–Trinajstić information content (AvgIpc) is 2.92. The van der Waals surface area contributed by atoms with Crippen LogP contribution in [-0.2, 0) is 0 Å². The second-order valence-corrected chi connectivity index (χ2v) is 7.92. The van der Waals surface area contributed by atoms with Gasteiger partial charge in [0, 0.05) is 5.92 Å². The van der Waals surface area contributed by atoms with Gasteiger partial charge in [0.25, 0.3) is 5.91 Å². The van der Waals surface area contributed by atoms with E-state index in [0.717, 1.165) is 38.8 Å². The molecule has 2 aliphatic carbocycles. The van der Waals surface area contributed by atoms with E-state index in [4.69, 9.17) is 4.42 Å². The van der Waals surface area contributed by atoms with Crippen LogP contribution in [0, 0.1) is 18.8 Å². The molecule has 0 spiro atoms. The predicted molar refractivity (Wildman–Crippen MR) is 99.9 cm³/mol. The first-order valence-electron chi connectivity index (χ1n) is 9.37. The van der Waals surface area contributed by atoms with E-state index in [2.05, 4.69) is 10.6 Å². The number of fused-ring (bicyclic) bond motifs is 1. The molecule has 1 amide bonds. The molecule has 0 aromatic carbocycles. The highest BCUT2D eigenvalue weighted by Gasteiger charge is 2.39. The van der Waals surface area contributed by atoms with E-state index in [1.54, 1.807) is 6.92 Å². The molecule has 2 heterocycles. The zero-order valence-electron chi connectivity index (χ0n) is 15.0. The number of hydrogen-bond acceptors (Lipinski definition) is 5.